The first-order chi connectivity index (χ1) is 18.1. The minimum absolute atomic E-state index is 0.0387. The van der Waals surface area contributed by atoms with Crippen LogP contribution in [-0.2, 0) is 14.3 Å². The van der Waals surface area contributed by atoms with Crippen molar-refractivity contribution >= 4 is 33.9 Å². The lowest BCUT2D eigenvalue weighted by atomic mass is 9.90. The molecule has 2 aliphatic rings. The minimum atomic E-state index is -0.573. The Hall–Kier alpha value is -2.88. The molecule has 196 valence electrons. The van der Waals surface area contributed by atoms with Crippen molar-refractivity contribution in [3.05, 3.63) is 52.6 Å². The molecule has 1 aromatic heterocycles. The van der Waals surface area contributed by atoms with E-state index in [0.29, 0.717) is 31.7 Å². The highest BCUT2D eigenvalue weighted by atomic mass is 32.1. The van der Waals surface area contributed by atoms with E-state index >= 15 is 0 Å². The Balaban J connectivity index is 1.39. The van der Waals surface area contributed by atoms with Gasteiger partial charge in [-0.3, -0.25) is 9.59 Å². The number of rotatable bonds is 8. The summed E-state index contributed by atoms with van der Waals surface area (Å²) in [5, 5.41) is 10.3. The molecule has 3 aromatic rings. The van der Waals surface area contributed by atoms with Gasteiger partial charge in [0.25, 0.3) is 0 Å². The van der Waals surface area contributed by atoms with E-state index in [2.05, 4.69) is 10.6 Å². The number of halogens is 1. The topological polar surface area (TPSA) is 83.6 Å². The average Bonchev–Trinajstić information content (AvgIpc) is 3.61. The highest BCUT2D eigenvalue weighted by Crippen LogP contribution is 2.38. The lowest BCUT2D eigenvalue weighted by Crippen LogP contribution is -2.54. The number of fused-ring (bicyclic) bond motifs is 1. The normalized spacial score (nSPS) is 19.3. The summed E-state index contributed by atoms with van der Waals surface area (Å²) in [7, 11) is 0. The number of amides is 2. The summed E-state index contributed by atoms with van der Waals surface area (Å²) in [6.07, 6.45) is 3.20. The number of carbonyl (C=O) groups is 2. The molecule has 0 radical (unpaired) electrons. The fraction of sp³-hybridized carbons (Fsp3) is 0.464. The van der Waals surface area contributed by atoms with Crippen molar-refractivity contribution in [2.24, 2.45) is 5.92 Å². The fourth-order valence-electron chi connectivity index (χ4n) is 5.42. The van der Waals surface area contributed by atoms with Crippen molar-refractivity contribution < 1.29 is 18.7 Å². The van der Waals surface area contributed by atoms with Gasteiger partial charge in [0.05, 0.1) is 18.3 Å². The second-order valence-corrected chi connectivity index (χ2v) is 10.6. The number of thiazole rings is 1. The number of carbonyl (C=O) groups excluding carboxylic acids is 2. The van der Waals surface area contributed by atoms with E-state index in [0.717, 1.165) is 47.3 Å². The van der Waals surface area contributed by atoms with Gasteiger partial charge in [0.15, 0.2) is 0 Å². The van der Waals surface area contributed by atoms with Crippen molar-refractivity contribution in [3.63, 3.8) is 0 Å². The molecule has 5 rings (SSSR count). The maximum atomic E-state index is 14.4. The number of likely N-dealkylation sites (tertiary alicyclic amines) is 1. The summed E-state index contributed by atoms with van der Waals surface area (Å²) >= 11 is 1.53. The molecule has 2 atom stereocenters. The van der Waals surface area contributed by atoms with Gasteiger partial charge < -0.3 is 20.3 Å². The second-order valence-electron chi connectivity index (χ2n) is 9.68. The maximum absolute atomic E-state index is 14.4. The van der Waals surface area contributed by atoms with Gasteiger partial charge in [-0.15, -0.1) is 11.3 Å². The predicted molar refractivity (Wildman–Crippen MR) is 143 cm³/mol. The van der Waals surface area contributed by atoms with Crippen molar-refractivity contribution in [1.82, 2.24) is 20.5 Å². The summed E-state index contributed by atoms with van der Waals surface area (Å²) in [5.41, 5.74) is 1.67. The van der Waals surface area contributed by atoms with Crippen LogP contribution in [0.5, 0.6) is 0 Å². The zero-order valence-corrected chi connectivity index (χ0v) is 21.9. The van der Waals surface area contributed by atoms with Crippen LogP contribution in [0.25, 0.3) is 22.0 Å². The summed E-state index contributed by atoms with van der Waals surface area (Å²) in [6.45, 7) is 4.66. The molecule has 0 bridgehead atoms. The van der Waals surface area contributed by atoms with E-state index in [4.69, 9.17) is 9.72 Å². The van der Waals surface area contributed by atoms with Crippen molar-refractivity contribution in [2.75, 3.05) is 32.8 Å². The minimum Gasteiger partial charge on any atom is -0.381 e. The highest BCUT2D eigenvalue weighted by molar-refractivity contribution is 7.10. The molecule has 0 saturated carbocycles. The Labute approximate surface area is 220 Å². The van der Waals surface area contributed by atoms with Gasteiger partial charge in [-0.05, 0) is 49.6 Å². The van der Waals surface area contributed by atoms with Crippen LogP contribution < -0.4 is 10.6 Å². The van der Waals surface area contributed by atoms with Gasteiger partial charge in [-0.2, -0.15) is 0 Å². The number of ether oxygens (including phenoxy) is 1. The van der Waals surface area contributed by atoms with Crippen LogP contribution in [0, 0.1) is 11.7 Å². The van der Waals surface area contributed by atoms with Crippen LogP contribution in [-0.4, -0.2) is 60.6 Å². The van der Waals surface area contributed by atoms with Gasteiger partial charge in [0.1, 0.15) is 16.9 Å². The van der Waals surface area contributed by atoms with Crippen LogP contribution in [0.15, 0.2) is 41.8 Å². The number of nitrogens with one attached hydrogen (secondary N) is 2. The zero-order chi connectivity index (χ0) is 25.8. The molecular weight excluding hydrogens is 491 g/mol. The second kappa shape index (κ2) is 11.7. The van der Waals surface area contributed by atoms with E-state index < -0.39 is 6.04 Å². The first kappa shape index (κ1) is 25.8. The first-order valence-corrected chi connectivity index (χ1v) is 14.0. The van der Waals surface area contributed by atoms with Crippen molar-refractivity contribution in [1.29, 1.82) is 0 Å². The molecule has 3 heterocycles. The molecule has 2 N–H and O–H groups in total. The van der Waals surface area contributed by atoms with E-state index in [1.165, 1.54) is 17.4 Å². The Kier molecular flexibility index (Phi) is 8.12. The number of hydrogen-bond donors (Lipinski definition) is 2. The third kappa shape index (κ3) is 5.54. The van der Waals surface area contributed by atoms with E-state index in [9.17, 15) is 14.0 Å². The molecule has 2 fully saturated rings. The standard InChI is InChI=1S/C28H33FN4O3S/c1-2-30-16-25(34)32-26(18-11-14-36-15-12-18)28(35)33-13-5-10-24(33)27-31-23(17-37-27)21-8-3-7-20-19(21)6-4-9-22(20)29/h3-4,6-9,17-18,24,26,30H,2,5,10-16H2,1H3,(H,32,34)/t24-,26-/m0/s1. The Morgan fingerprint density at radius 3 is 2.76 bits per heavy atom. The smallest absolute Gasteiger partial charge is 0.246 e. The van der Waals surface area contributed by atoms with Crippen LogP contribution in [0.1, 0.15) is 43.7 Å². The molecule has 2 aliphatic heterocycles. The molecule has 2 saturated heterocycles. The van der Waals surface area contributed by atoms with Crippen LogP contribution in [0.4, 0.5) is 4.39 Å². The highest BCUT2D eigenvalue weighted by Gasteiger charge is 2.39. The van der Waals surface area contributed by atoms with E-state index in [1.807, 2.05) is 35.4 Å². The van der Waals surface area contributed by atoms with E-state index in [-0.39, 0.29) is 36.1 Å². The van der Waals surface area contributed by atoms with Gasteiger partial charge in [-0.1, -0.05) is 37.3 Å². The van der Waals surface area contributed by atoms with Crippen LogP contribution >= 0.6 is 11.3 Å². The molecule has 9 heteroatoms. The fourth-order valence-corrected chi connectivity index (χ4v) is 6.38. The van der Waals surface area contributed by atoms with Crippen LogP contribution in [0.2, 0.25) is 0 Å². The van der Waals surface area contributed by atoms with Gasteiger partial charge in [0.2, 0.25) is 11.8 Å². The lowest BCUT2D eigenvalue weighted by molar-refractivity contribution is -0.139. The van der Waals surface area contributed by atoms with Gasteiger partial charge in [0, 0.05) is 36.1 Å². The molecule has 0 spiro atoms. The maximum Gasteiger partial charge on any atom is 0.246 e. The third-order valence-electron chi connectivity index (χ3n) is 7.34. The number of aromatic nitrogens is 1. The van der Waals surface area contributed by atoms with Crippen LogP contribution in [0.3, 0.4) is 0 Å². The molecular formula is C28H33FN4O3S. The number of likely N-dealkylation sites (N-methyl/N-ethyl adjacent to an activating group) is 1. The average molecular weight is 525 g/mol. The Morgan fingerprint density at radius 1 is 1.16 bits per heavy atom. The predicted octanol–water partition coefficient (Wildman–Crippen LogP) is 4.29. The summed E-state index contributed by atoms with van der Waals surface area (Å²) in [6, 6.07) is 9.96. The summed E-state index contributed by atoms with van der Waals surface area (Å²) in [5.74, 6) is -0.409. The van der Waals surface area contributed by atoms with Crippen molar-refractivity contribution in [3.8, 4) is 11.3 Å². The third-order valence-corrected chi connectivity index (χ3v) is 8.29. The Bertz CT molecular complexity index is 1260. The molecule has 0 aliphatic carbocycles. The number of nitrogens with zero attached hydrogens (tertiary/aromatic N) is 2. The largest absolute Gasteiger partial charge is 0.381 e. The molecule has 2 amide bonds. The number of benzene rings is 2. The monoisotopic (exact) mass is 524 g/mol. The molecule has 0 unspecified atom stereocenters. The number of hydrogen-bond acceptors (Lipinski definition) is 6. The summed E-state index contributed by atoms with van der Waals surface area (Å²) < 4.78 is 19.9. The van der Waals surface area contributed by atoms with E-state index in [1.54, 1.807) is 12.1 Å². The SMILES string of the molecule is CCNCC(=O)N[C@H](C(=O)N1CCC[C@H]1c1nc(-c2cccc3c(F)cccc23)cs1)C1CCOCC1. The first-order valence-electron chi connectivity index (χ1n) is 13.1. The van der Waals surface area contributed by atoms with Crippen molar-refractivity contribution in [2.45, 2.75) is 44.7 Å². The zero-order valence-electron chi connectivity index (χ0n) is 21.0. The van der Waals surface area contributed by atoms with Gasteiger partial charge in [-0.25, -0.2) is 9.37 Å². The molecule has 2 aromatic carbocycles. The Morgan fingerprint density at radius 2 is 1.95 bits per heavy atom. The lowest BCUT2D eigenvalue weighted by Gasteiger charge is -2.34. The molecule has 37 heavy (non-hydrogen) atoms. The van der Waals surface area contributed by atoms with Gasteiger partial charge >= 0.3 is 0 Å². The quantitative estimate of drug-likeness (QED) is 0.460. The molecule has 7 nitrogen and oxygen atoms in total. The summed E-state index contributed by atoms with van der Waals surface area (Å²) in [4.78, 5) is 33.4.